The van der Waals surface area contributed by atoms with Crippen molar-refractivity contribution in [3.05, 3.63) is 11.1 Å². The molecule has 0 amide bonds. The molecule has 0 aromatic heterocycles. The first-order valence-electron chi connectivity index (χ1n) is 8.49. The molecule has 4 atom stereocenters. The number of fused-ring (bicyclic) bond motifs is 1. The van der Waals surface area contributed by atoms with Crippen molar-refractivity contribution in [1.82, 2.24) is 0 Å². The molecule has 0 aromatic carbocycles. The third-order valence-electron chi connectivity index (χ3n) is 6.18. The van der Waals surface area contributed by atoms with Crippen molar-refractivity contribution in [2.24, 2.45) is 11.8 Å². The summed E-state index contributed by atoms with van der Waals surface area (Å²) < 4.78 is 6.70. The minimum absolute atomic E-state index is 0.0243. The summed E-state index contributed by atoms with van der Waals surface area (Å²) in [6.07, 6.45) is 7.72. The fourth-order valence-electron chi connectivity index (χ4n) is 5.17. The van der Waals surface area contributed by atoms with Crippen LogP contribution in [0.3, 0.4) is 0 Å². The van der Waals surface area contributed by atoms with Gasteiger partial charge in [-0.15, -0.1) is 0 Å². The molecular formula is C18H30O2. The second-order valence-electron chi connectivity index (χ2n) is 7.81. The molecule has 20 heavy (non-hydrogen) atoms. The minimum atomic E-state index is -0.296. The second-order valence-corrected chi connectivity index (χ2v) is 7.81. The Kier molecular flexibility index (Phi) is 3.53. The standard InChI is InChI=1S/C18H30O2/c1-5-6-15(19)16-12(2)7-8-13-9-10-14-11-18(13,16)20-17(14,3)4/h13-15,19H,5-11H2,1-4H3. The summed E-state index contributed by atoms with van der Waals surface area (Å²) in [6.45, 7) is 8.88. The van der Waals surface area contributed by atoms with Gasteiger partial charge in [0.15, 0.2) is 0 Å². The number of allylic oxidation sites excluding steroid dienone is 1. The first kappa shape index (κ1) is 14.6. The first-order valence-corrected chi connectivity index (χ1v) is 8.49. The highest BCUT2D eigenvalue weighted by molar-refractivity contribution is 5.35. The van der Waals surface area contributed by atoms with Crippen molar-refractivity contribution < 1.29 is 9.84 Å². The van der Waals surface area contributed by atoms with Crippen LogP contribution < -0.4 is 0 Å². The Balaban J connectivity index is 2.03. The van der Waals surface area contributed by atoms with E-state index in [1.165, 1.54) is 30.4 Å². The molecule has 0 aromatic rings. The summed E-state index contributed by atoms with van der Waals surface area (Å²) in [5, 5.41) is 10.7. The smallest absolute Gasteiger partial charge is 0.0958 e. The highest BCUT2D eigenvalue weighted by Gasteiger charge is 2.60. The third-order valence-corrected chi connectivity index (χ3v) is 6.18. The maximum absolute atomic E-state index is 10.7. The monoisotopic (exact) mass is 278 g/mol. The molecule has 1 N–H and O–H groups in total. The number of ether oxygens (including phenoxy) is 1. The van der Waals surface area contributed by atoms with Crippen LogP contribution in [-0.2, 0) is 4.74 Å². The summed E-state index contributed by atoms with van der Waals surface area (Å²) in [5.41, 5.74) is 2.51. The van der Waals surface area contributed by atoms with Gasteiger partial charge in [-0.1, -0.05) is 18.9 Å². The normalized spacial score (nSPS) is 40.6. The van der Waals surface area contributed by atoms with Crippen LogP contribution in [0.1, 0.15) is 72.6 Å². The molecule has 0 radical (unpaired) electrons. The summed E-state index contributed by atoms with van der Waals surface area (Å²) in [5.74, 6) is 1.29. The quantitative estimate of drug-likeness (QED) is 0.783. The van der Waals surface area contributed by atoms with Gasteiger partial charge in [-0.05, 0) is 76.7 Å². The van der Waals surface area contributed by atoms with Crippen LogP contribution in [0.25, 0.3) is 0 Å². The number of aliphatic hydroxyl groups excluding tert-OH is 1. The molecule has 3 rings (SSSR count). The Morgan fingerprint density at radius 3 is 2.65 bits per heavy atom. The Morgan fingerprint density at radius 2 is 1.95 bits per heavy atom. The summed E-state index contributed by atoms with van der Waals surface area (Å²) in [4.78, 5) is 0. The van der Waals surface area contributed by atoms with E-state index in [1.807, 2.05) is 0 Å². The number of hydrogen-bond acceptors (Lipinski definition) is 2. The second kappa shape index (κ2) is 4.84. The number of hydrogen-bond donors (Lipinski definition) is 1. The molecule has 2 bridgehead atoms. The lowest BCUT2D eigenvalue weighted by Gasteiger charge is -2.47. The fourth-order valence-corrected chi connectivity index (χ4v) is 5.17. The average molecular weight is 278 g/mol. The molecule has 1 heterocycles. The number of aliphatic hydroxyl groups is 1. The lowest BCUT2D eigenvalue weighted by Crippen LogP contribution is -2.48. The first-order chi connectivity index (χ1) is 9.40. The molecule has 1 saturated carbocycles. The van der Waals surface area contributed by atoms with E-state index >= 15 is 0 Å². The van der Waals surface area contributed by atoms with Crippen molar-refractivity contribution in [3.8, 4) is 0 Å². The highest BCUT2D eigenvalue weighted by atomic mass is 16.5. The minimum Gasteiger partial charge on any atom is -0.389 e. The van der Waals surface area contributed by atoms with Crippen LogP contribution in [0.2, 0.25) is 0 Å². The summed E-state index contributed by atoms with van der Waals surface area (Å²) in [7, 11) is 0. The Morgan fingerprint density at radius 1 is 1.25 bits per heavy atom. The van der Waals surface area contributed by atoms with Gasteiger partial charge in [0.1, 0.15) is 0 Å². The Labute approximate surface area is 123 Å². The van der Waals surface area contributed by atoms with Crippen LogP contribution in [0.5, 0.6) is 0 Å². The van der Waals surface area contributed by atoms with Crippen molar-refractivity contribution >= 4 is 0 Å². The molecule has 2 heteroatoms. The molecule has 1 aliphatic heterocycles. The van der Waals surface area contributed by atoms with Crippen LogP contribution in [0.15, 0.2) is 11.1 Å². The van der Waals surface area contributed by atoms with Gasteiger partial charge in [0.2, 0.25) is 0 Å². The topological polar surface area (TPSA) is 29.5 Å². The highest BCUT2D eigenvalue weighted by Crippen LogP contribution is 2.60. The zero-order valence-electron chi connectivity index (χ0n) is 13.5. The molecular weight excluding hydrogens is 248 g/mol. The van der Waals surface area contributed by atoms with Crippen molar-refractivity contribution in [2.75, 3.05) is 0 Å². The Hall–Kier alpha value is -0.340. The van der Waals surface area contributed by atoms with E-state index in [4.69, 9.17) is 4.74 Å². The van der Waals surface area contributed by atoms with E-state index in [-0.39, 0.29) is 17.3 Å². The Bertz CT molecular complexity index is 423. The lowest BCUT2D eigenvalue weighted by atomic mass is 9.61. The van der Waals surface area contributed by atoms with E-state index in [2.05, 4.69) is 27.7 Å². The lowest BCUT2D eigenvalue weighted by molar-refractivity contribution is -0.106. The number of rotatable bonds is 3. The largest absolute Gasteiger partial charge is 0.389 e. The van der Waals surface area contributed by atoms with Gasteiger partial charge in [-0.3, -0.25) is 0 Å². The van der Waals surface area contributed by atoms with E-state index < -0.39 is 0 Å². The summed E-state index contributed by atoms with van der Waals surface area (Å²) in [6, 6.07) is 0. The molecule has 1 spiro atoms. The fraction of sp³-hybridized carbons (Fsp3) is 0.889. The molecule has 2 nitrogen and oxygen atoms in total. The molecule has 2 fully saturated rings. The van der Waals surface area contributed by atoms with Crippen LogP contribution >= 0.6 is 0 Å². The molecule has 114 valence electrons. The molecule has 3 aliphatic rings. The van der Waals surface area contributed by atoms with E-state index in [0.717, 1.165) is 25.7 Å². The summed E-state index contributed by atoms with van der Waals surface area (Å²) >= 11 is 0. The van der Waals surface area contributed by atoms with Gasteiger partial charge >= 0.3 is 0 Å². The SMILES string of the molecule is CCCC(O)C1=C(C)CCC2CCC3CC12OC3(C)C. The molecule has 1 saturated heterocycles. The van der Waals surface area contributed by atoms with Gasteiger partial charge in [-0.2, -0.15) is 0 Å². The third kappa shape index (κ3) is 1.99. The predicted molar refractivity (Wildman–Crippen MR) is 81.6 cm³/mol. The van der Waals surface area contributed by atoms with Crippen molar-refractivity contribution in [2.45, 2.75) is 89.9 Å². The van der Waals surface area contributed by atoms with Gasteiger partial charge < -0.3 is 9.84 Å². The van der Waals surface area contributed by atoms with Gasteiger partial charge in [0.05, 0.1) is 17.3 Å². The van der Waals surface area contributed by atoms with Gasteiger partial charge in [-0.25, -0.2) is 0 Å². The predicted octanol–water partition coefficient (Wildman–Crippen LogP) is 4.22. The van der Waals surface area contributed by atoms with Crippen LogP contribution in [0.4, 0.5) is 0 Å². The van der Waals surface area contributed by atoms with E-state index in [0.29, 0.717) is 11.8 Å². The zero-order valence-corrected chi connectivity index (χ0v) is 13.5. The van der Waals surface area contributed by atoms with E-state index in [1.54, 1.807) is 0 Å². The van der Waals surface area contributed by atoms with Gasteiger partial charge in [0, 0.05) is 0 Å². The maximum Gasteiger partial charge on any atom is 0.0958 e. The van der Waals surface area contributed by atoms with Crippen LogP contribution in [-0.4, -0.2) is 22.4 Å². The zero-order chi connectivity index (χ0) is 14.5. The average Bonchev–Trinajstić information content (AvgIpc) is 2.56. The maximum atomic E-state index is 10.7. The van der Waals surface area contributed by atoms with Crippen LogP contribution in [0, 0.1) is 11.8 Å². The van der Waals surface area contributed by atoms with Crippen molar-refractivity contribution in [1.29, 1.82) is 0 Å². The molecule has 2 aliphatic carbocycles. The van der Waals surface area contributed by atoms with E-state index in [9.17, 15) is 5.11 Å². The van der Waals surface area contributed by atoms with Gasteiger partial charge in [0.25, 0.3) is 0 Å². The van der Waals surface area contributed by atoms with Crippen molar-refractivity contribution in [3.63, 3.8) is 0 Å². The molecule has 4 unspecified atom stereocenters.